The Labute approximate surface area is 211 Å². The Hall–Kier alpha value is -2.96. The van der Waals surface area contributed by atoms with Crippen molar-refractivity contribution in [1.82, 2.24) is 0 Å². The number of fused-ring (bicyclic) bond motifs is 1. The molecule has 1 atom stereocenters. The highest BCUT2D eigenvalue weighted by molar-refractivity contribution is 7.59. The van der Waals surface area contributed by atoms with Crippen LogP contribution in [-0.2, 0) is 16.0 Å². The quantitative estimate of drug-likeness (QED) is 0.434. The SMILES string of the molecule is O=C(Cc1ccc(Cl)cc1)C[C@H]1CCCN(c2ccc(-c3ccc4c(c3)OCO4)cc2)C1=O.S. The molecule has 7 heteroatoms. The Morgan fingerprint density at radius 1 is 0.941 bits per heavy atom. The molecule has 5 nitrogen and oxygen atoms in total. The van der Waals surface area contributed by atoms with E-state index in [1.165, 1.54) is 0 Å². The van der Waals surface area contributed by atoms with E-state index in [0.29, 0.717) is 18.0 Å². The van der Waals surface area contributed by atoms with Crippen LogP contribution in [0.2, 0.25) is 5.02 Å². The standard InChI is InChI=1S/C27H24ClNO4.H2S/c28-22-8-3-18(4-9-22)14-24(30)15-21-2-1-13-29(27(21)31)23-10-5-19(6-11-23)20-7-12-25-26(16-20)33-17-32-25;/h3-12,16,21H,1-2,13-15,17H2;1H2/t21-;/m1./s1. The summed E-state index contributed by atoms with van der Waals surface area (Å²) in [5.41, 5.74) is 3.85. The summed E-state index contributed by atoms with van der Waals surface area (Å²) in [6.07, 6.45) is 2.23. The van der Waals surface area contributed by atoms with Crippen LogP contribution in [0.1, 0.15) is 24.8 Å². The van der Waals surface area contributed by atoms with Crippen LogP contribution in [0.3, 0.4) is 0 Å². The zero-order valence-corrected chi connectivity index (χ0v) is 20.4. The van der Waals surface area contributed by atoms with E-state index in [1.54, 1.807) is 12.1 Å². The summed E-state index contributed by atoms with van der Waals surface area (Å²) in [4.78, 5) is 27.6. The fraction of sp³-hybridized carbons (Fsp3) is 0.259. The molecule has 34 heavy (non-hydrogen) atoms. The molecular formula is C27H26ClNO4S. The van der Waals surface area contributed by atoms with Gasteiger partial charge in [0.25, 0.3) is 0 Å². The summed E-state index contributed by atoms with van der Waals surface area (Å²) >= 11 is 5.92. The highest BCUT2D eigenvalue weighted by atomic mass is 35.5. The number of amides is 1. The van der Waals surface area contributed by atoms with Crippen LogP contribution in [0.5, 0.6) is 11.5 Å². The van der Waals surface area contributed by atoms with Crippen molar-refractivity contribution in [3.05, 3.63) is 77.3 Å². The molecule has 0 unspecified atom stereocenters. The van der Waals surface area contributed by atoms with Gasteiger partial charge in [-0.25, -0.2) is 0 Å². The molecule has 0 bridgehead atoms. The van der Waals surface area contributed by atoms with E-state index in [9.17, 15) is 9.59 Å². The first kappa shape index (κ1) is 24.2. The van der Waals surface area contributed by atoms with Gasteiger partial charge in [-0.1, -0.05) is 41.9 Å². The molecular weight excluding hydrogens is 470 g/mol. The van der Waals surface area contributed by atoms with Crippen molar-refractivity contribution >= 4 is 42.5 Å². The van der Waals surface area contributed by atoms with Gasteiger partial charge in [-0.05, 0) is 65.9 Å². The van der Waals surface area contributed by atoms with E-state index >= 15 is 0 Å². The van der Waals surface area contributed by atoms with Crippen molar-refractivity contribution in [3.8, 4) is 22.6 Å². The smallest absolute Gasteiger partial charge is 0.231 e. The lowest BCUT2D eigenvalue weighted by Crippen LogP contribution is -2.42. The number of carbonyl (C=O) groups is 2. The van der Waals surface area contributed by atoms with Gasteiger partial charge in [-0.15, -0.1) is 0 Å². The van der Waals surface area contributed by atoms with E-state index in [4.69, 9.17) is 21.1 Å². The lowest BCUT2D eigenvalue weighted by Gasteiger charge is -2.32. The summed E-state index contributed by atoms with van der Waals surface area (Å²) in [5, 5.41) is 0.647. The van der Waals surface area contributed by atoms with E-state index in [1.807, 2.05) is 59.5 Å². The van der Waals surface area contributed by atoms with Crippen LogP contribution in [0.4, 0.5) is 5.69 Å². The first-order valence-corrected chi connectivity index (χ1v) is 11.5. The number of ether oxygens (including phenoxy) is 2. The van der Waals surface area contributed by atoms with E-state index in [0.717, 1.165) is 46.7 Å². The van der Waals surface area contributed by atoms with Crippen molar-refractivity contribution in [1.29, 1.82) is 0 Å². The van der Waals surface area contributed by atoms with Gasteiger partial charge in [0.1, 0.15) is 5.78 Å². The summed E-state index contributed by atoms with van der Waals surface area (Å²) in [7, 11) is 0. The van der Waals surface area contributed by atoms with Gasteiger partial charge in [0.05, 0.1) is 0 Å². The van der Waals surface area contributed by atoms with Gasteiger partial charge in [-0.2, -0.15) is 13.5 Å². The topological polar surface area (TPSA) is 55.8 Å². The van der Waals surface area contributed by atoms with Crippen molar-refractivity contribution in [3.63, 3.8) is 0 Å². The van der Waals surface area contributed by atoms with E-state index < -0.39 is 0 Å². The number of ketones is 1. The van der Waals surface area contributed by atoms with Crippen LogP contribution < -0.4 is 14.4 Å². The molecule has 176 valence electrons. The van der Waals surface area contributed by atoms with Crippen LogP contribution in [-0.4, -0.2) is 25.0 Å². The molecule has 5 rings (SSSR count). The van der Waals surface area contributed by atoms with Crippen molar-refractivity contribution < 1.29 is 19.1 Å². The number of Topliss-reactive ketones (excluding diaryl/α,β-unsaturated/α-hetero) is 1. The fourth-order valence-electron chi connectivity index (χ4n) is 4.48. The van der Waals surface area contributed by atoms with Crippen molar-refractivity contribution in [2.24, 2.45) is 5.92 Å². The molecule has 1 saturated heterocycles. The highest BCUT2D eigenvalue weighted by Gasteiger charge is 2.31. The number of halogens is 1. The number of hydrogen-bond donors (Lipinski definition) is 0. The van der Waals surface area contributed by atoms with Gasteiger partial charge in [0, 0.05) is 36.0 Å². The zero-order valence-electron chi connectivity index (χ0n) is 18.6. The van der Waals surface area contributed by atoms with Gasteiger partial charge < -0.3 is 14.4 Å². The van der Waals surface area contributed by atoms with E-state index in [-0.39, 0.29) is 44.3 Å². The van der Waals surface area contributed by atoms with Gasteiger partial charge in [-0.3, -0.25) is 9.59 Å². The number of piperidine rings is 1. The predicted octanol–water partition coefficient (Wildman–Crippen LogP) is 5.79. The lowest BCUT2D eigenvalue weighted by molar-refractivity contribution is -0.128. The predicted molar refractivity (Wildman–Crippen MR) is 138 cm³/mol. The molecule has 3 aromatic carbocycles. The maximum Gasteiger partial charge on any atom is 0.231 e. The molecule has 0 N–H and O–H groups in total. The third kappa shape index (κ3) is 5.24. The molecule has 3 aromatic rings. The highest BCUT2D eigenvalue weighted by Crippen LogP contribution is 2.36. The molecule has 1 fully saturated rings. The largest absolute Gasteiger partial charge is 0.454 e. The number of hydrogen-bond acceptors (Lipinski definition) is 4. The number of benzene rings is 3. The molecule has 2 aliphatic rings. The Morgan fingerprint density at radius 3 is 2.41 bits per heavy atom. The minimum atomic E-state index is -0.271. The summed E-state index contributed by atoms with van der Waals surface area (Å²) in [6.45, 7) is 0.919. The zero-order chi connectivity index (χ0) is 22.8. The Morgan fingerprint density at radius 2 is 1.65 bits per heavy atom. The van der Waals surface area contributed by atoms with Crippen molar-refractivity contribution in [2.75, 3.05) is 18.2 Å². The van der Waals surface area contributed by atoms with Crippen LogP contribution >= 0.6 is 25.1 Å². The molecule has 2 heterocycles. The first-order valence-electron chi connectivity index (χ1n) is 11.1. The number of carbonyl (C=O) groups excluding carboxylic acids is 2. The second kappa shape index (κ2) is 10.5. The molecule has 0 saturated carbocycles. The Kier molecular flexibility index (Phi) is 7.49. The van der Waals surface area contributed by atoms with Crippen LogP contribution in [0.15, 0.2) is 66.7 Å². The molecule has 0 aliphatic carbocycles. The molecule has 1 amide bonds. The third-order valence-electron chi connectivity index (χ3n) is 6.22. The number of anilines is 1. The monoisotopic (exact) mass is 495 g/mol. The summed E-state index contributed by atoms with van der Waals surface area (Å²) < 4.78 is 10.9. The minimum absolute atomic E-state index is 0. The second-order valence-electron chi connectivity index (χ2n) is 8.49. The average Bonchev–Trinajstić information content (AvgIpc) is 3.30. The normalized spacial score (nSPS) is 16.8. The van der Waals surface area contributed by atoms with Gasteiger partial charge >= 0.3 is 0 Å². The molecule has 0 spiro atoms. The second-order valence-corrected chi connectivity index (χ2v) is 8.93. The lowest BCUT2D eigenvalue weighted by atomic mass is 9.90. The van der Waals surface area contributed by atoms with Crippen LogP contribution in [0.25, 0.3) is 11.1 Å². The first-order chi connectivity index (χ1) is 16.1. The average molecular weight is 496 g/mol. The van der Waals surface area contributed by atoms with Gasteiger partial charge in [0.2, 0.25) is 12.7 Å². The molecule has 0 aromatic heterocycles. The number of nitrogens with zero attached hydrogens (tertiary/aromatic N) is 1. The van der Waals surface area contributed by atoms with Crippen LogP contribution in [0, 0.1) is 5.92 Å². The fourth-order valence-corrected chi connectivity index (χ4v) is 4.61. The minimum Gasteiger partial charge on any atom is -0.454 e. The molecule has 2 aliphatic heterocycles. The maximum absolute atomic E-state index is 13.2. The Balaban J connectivity index is 0.00000274. The summed E-state index contributed by atoms with van der Waals surface area (Å²) in [6, 6.07) is 21.1. The Bertz CT molecular complexity index is 1180. The molecule has 0 radical (unpaired) electrons. The van der Waals surface area contributed by atoms with Crippen molar-refractivity contribution in [2.45, 2.75) is 25.7 Å². The van der Waals surface area contributed by atoms with E-state index in [2.05, 4.69) is 0 Å². The third-order valence-corrected chi connectivity index (χ3v) is 6.48. The summed E-state index contributed by atoms with van der Waals surface area (Å²) in [5.74, 6) is 1.34. The van der Waals surface area contributed by atoms with Gasteiger partial charge in [0.15, 0.2) is 11.5 Å². The number of rotatable bonds is 6. The maximum atomic E-state index is 13.2.